The van der Waals surface area contributed by atoms with Gasteiger partial charge in [0.05, 0.1) is 10.9 Å². The van der Waals surface area contributed by atoms with Crippen molar-refractivity contribution in [2.45, 2.75) is 19.4 Å². The highest BCUT2D eigenvalue weighted by atomic mass is 16.1. The molecule has 2 aromatic heterocycles. The van der Waals surface area contributed by atoms with Crippen molar-refractivity contribution >= 4 is 28.3 Å². The van der Waals surface area contributed by atoms with E-state index in [9.17, 15) is 4.79 Å². The molecule has 6 heteroatoms. The maximum Gasteiger partial charge on any atom is 0.195 e. The third-order valence-corrected chi connectivity index (χ3v) is 4.23. The molecule has 0 unspecified atom stereocenters. The molecule has 0 amide bonds. The van der Waals surface area contributed by atoms with E-state index in [0.29, 0.717) is 33.9 Å². The van der Waals surface area contributed by atoms with Crippen LogP contribution in [0.25, 0.3) is 11.0 Å². The molecule has 6 nitrogen and oxygen atoms in total. The van der Waals surface area contributed by atoms with Crippen molar-refractivity contribution in [1.29, 1.82) is 0 Å². The van der Waals surface area contributed by atoms with Gasteiger partial charge in [-0.15, -0.1) is 0 Å². The fourth-order valence-corrected chi connectivity index (χ4v) is 2.87. The highest BCUT2D eigenvalue weighted by Gasteiger charge is 2.25. The normalized spacial score (nSPS) is 14.3. The van der Waals surface area contributed by atoms with Gasteiger partial charge in [-0.3, -0.25) is 4.79 Å². The molecule has 116 valence electrons. The fraction of sp³-hybridized carbons (Fsp3) is 0.235. The van der Waals surface area contributed by atoms with Gasteiger partial charge in [-0.2, -0.15) is 0 Å². The van der Waals surface area contributed by atoms with E-state index >= 15 is 0 Å². The second-order valence-electron chi connectivity index (χ2n) is 6.05. The SMILES string of the molecule is Nc1cccc(C(=O)c2cn(CC3CC3)c3ncnc(N)c23)c1. The zero-order valence-electron chi connectivity index (χ0n) is 12.6. The molecule has 3 aromatic rings. The first-order valence-electron chi connectivity index (χ1n) is 7.63. The largest absolute Gasteiger partial charge is 0.399 e. The van der Waals surface area contributed by atoms with Crippen molar-refractivity contribution in [2.75, 3.05) is 11.5 Å². The Balaban J connectivity index is 1.87. The van der Waals surface area contributed by atoms with Crippen LogP contribution >= 0.6 is 0 Å². The van der Waals surface area contributed by atoms with E-state index < -0.39 is 0 Å². The molecule has 0 saturated heterocycles. The predicted octanol–water partition coefficient (Wildman–Crippen LogP) is 2.24. The van der Waals surface area contributed by atoms with Crippen molar-refractivity contribution < 1.29 is 4.79 Å². The number of fused-ring (bicyclic) bond motifs is 1. The summed E-state index contributed by atoms with van der Waals surface area (Å²) in [6, 6.07) is 6.95. The van der Waals surface area contributed by atoms with Crippen molar-refractivity contribution in [1.82, 2.24) is 14.5 Å². The summed E-state index contributed by atoms with van der Waals surface area (Å²) in [6.45, 7) is 0.858. The number of nitrogens with zero attached hydrogens (tertiary/aromatic N) is 3. The number of carbonyl (C=O) groups is 1. The van der Waals surface area contributed by atoms with Crippen LogP contribution in [0.3, 0.4) is 0 Å². The molecule has 0 spiro atoms. The predicted molar refractivity (Wildman–Crippen MR) is 89.0 cm³/mol. The molecule has 1 saturated carbocycles. The lowest BCUT2D eigenvalue weighted by atomic mass is 10.0. The van der Waals surface area contributed by atoms with E-state index in [4.69, 9.17) is 11.5 Å². The van der Waals surface area contributed by atoms with Gasteiger partial charge in [-0.05, 0) is 30.9 Å². The second kappa shape index (κ2) is 5.08. The minimum atomic E-state index is -0.113. The first-order chi connectivity index (χ1) is 11.1. The first-order valence-corrected chi connectivity index (χ1v) is 7.63. The number of hydrogen-bond donors (Lipinski definition) is 2. The van der Waals surface area contributed by atoms with Gasteiger partial charge in [-0.1, -0.05) is 12.1 Å². The van der Waals surface area contributed by atoms with E-state index in [2.05, 4.69) is 9.97 Å². The molecule has 4 N–H and O–H groups in total. The number of hydrogen-bond acceptors (Lipinski definition) is 5. The molecule has 1 fully saturated rings. The second-order valence-corrected chi connectivity index (χ2v) is 6.05. The summed E-state index contributed by atoms with van der Waals surface area (Å²) in [4.78, 5) is 21.3. The molecular formula is C17H17N5O. The molecule has 1 aliphatic rings. The molecule has 1 aromatic carbocycles. The van der Waals surface area contributed by atoms with E-state index in [0.717, 1.165) is 12.2 Å². The molecule has 0 aliphatic heterocycles. The van der Waals surface area contributed by atoms with Crippen molar-refractivity contribution in [2.24, 2.45) is 5.92 Å². The molecule has 1 aliphatic carbocycles. The van der Waals surface area contributed by atoms with Gasteiger partial charge in [0.25, 0.3) is 0 Å². The summed E-state index contributed by atoms with van der Waals surface area (Å²) in [5.74, 6) is 0.882. The lowest BCUT2D eigenvalue weighted by molar-refractivity contribution is 0.104. The smallest absolute Gasteiger partial charge is 0.195 e. The van der Waals surface area contributed by atoms with Crippen molar-refractivity contribution in [3.63, 3.8) is 0 Å². The number of carbonyl (C=O) groups excluding carboxylic acids is 1. The first kappa shape index (κ1) is 13.8. The molecular weight excluding hydrogens is 290 g/mol. The Morgan fingerprint density at radius 2 is 2.09 bits per heavy atom. The maximum absolute atomic E-state index is 12.9. The van der Waals surface area contributed by atoms with Gasteiger partial charge in [0.1, 0.15) is 17.8 Å². The number of anilines is 2. The van der Waals surface area contributed by atoms with E-state index in [1.807, 2.05) is 10.8 Å². The van der Waals surface area contributed by atoms with Crippen LogP contribution in [0.15, 0.2) is 36.8 Å². The van der Waals surface area contributed by atoms with Gasteiger partial charge in [0, 0.05) is 24.0 Å². The summed E-state index contributed by atoms with van der Waals surface area (Å²) in [5.41, 5.74) is 14.2. The van der Waals surface area contributed by atoms with Crippen LogP contribution in [0.2, 0.25) is 0 Å². The highest BCUT2D eigenvalue weighted by Crippen LogP contribution is 2.33. The van der Waals surface area contributed by atoms with Crippen LogP contribution < -0.4 is 11.5 Å². The van der Waals surface area contributed by atoms with E-state index in [-0.39, 0.29) is 5.78 Å². The van der Waals surface area contributed by atoms with Crippen LogP contribution in [0.5, 0.6) is 0 Å². The summed E-state index contributed by atoms with van der Waals surface area (Å²) in [5, 5.41) is 0.626. The zero-order valence-corrected chi connectivity index (χ0v) is 12.6. The van der Waals surface area contributed by atoms with Gasteiger partial charge >= 0.3 is 0 Å². The summed E-state index contributed by atoms with van der Waals surface area (Å²) < 4.78 is 2.02. The summed E-state index contributed by atoms with van der Waals surface area (Å²) in [7, 11) is 0. The molecule has 23 heavy (non-hydrogen) atoms. The minimum absolute atomic E-state index is 0.113. The quantitative estimate of drug-likeness (QED) is 0.569. The monoisotopic (exact) mass is 307 g/mol. The molecule has 4 rings (SSSR count). The summed E-state index contributed by atoms with van der Waals surface area (Å²) in [6.07, 6.45) is 5.73. The van der Waals surface area contributed by atoms with Crippen LogP contribution in [-0.2, 0) is 6.54 Å². The minimum Gasteiger partial charge on any atom is -0.399 e. The number of nitrogens with two attached hydrogens (primary N) is 2. The van der Waals surface area contributed by atoms with Crippen molar-refractivity contribution in [3.05, 3.63) is 47.9 Å². The van der Waals surface area contributed by atoms with Gasteiger partial charge in [-0.25, -0.2) is 9.97 Å². The zero-order chi connectivity index (χ0) is 16.0. The number of aromatic nitrogens is 3. The Morgan fingerprint density at radius 1 is 1.26 bits per heavy atom. The Kier molecular flexibility index (Phi) is 3.04. The molecule has 0 bridgehead atoms. The molecule has 0 atom stereocenters. The van der Waals surface area contributed by atoms with Gasteiger partial charge in [0.15, 0.2) is 5.78 Å². The summed E-state index contributed by atoms with van der Waals surface area (Å²) >= 11 is 0. The number of rotatable bonds is 4. The van der Waals surface area contributed by atoms with Crippen molar-refractivity contribution in [3.8, 4) is 0 Å². The number of nitrogen functional groups attached to an aromatic ring is 2. The average Bonchev–Trinajstić information content (AvgIpc) is 3.27. The van der Waals surface area contributed by atoms with E-state index in [1.54, 1.807) is 24.3 Å². The number of ketones is 1. The third-order valence-electron chi connectivity index (χ3n) is 4.23. The Hall–Kier alpha value is -2.89. The lowest BCUT2D eigenvalue weighted by Gasteiger charge is -2.02. The van der Waals surface area contributed by atoms with Crippen LogP contribution in [0.1, 0.15) is 28.8 Å². The highest BCUT2D eigenvalue weighted by molar-refractivity contribution is 6.18. The lowest BCUT2D eigenvalue weighted by Crippen LogP contribution is -2.03. The van der Waals surface area contributed by atoms with Gasteiger partial charge in [0.2, 0.25) is 0 Å². The fourth-order valence-electron chi connectivity index (χ4n) is 2.87. The molecule has 0 radical (unpaired) electrons. The third kappa shape index (κ3) is 2.42. The standard InChI is InChI=1S/C17H17N5O/c18-12-3-1-2-11(6-12)15(23)13-8-22(7-10-4-5-10)17-14(13)16(19)20-9-21-17/h1-3,6,8-10H,4-5,7,18H2,(H2,19,20,21). The Labute approximate surface area is 133 Å². The molecule has 2 heterocycles. The van der Waals surface area contributed by atoms with Crippen LogP contribution in [-0.4, -0.2) is 20.3 Å². The number of benzene rings is 1. The van der Waals surface area contributed by atoms with Crippen LogP contribution in [0, 0.1) is 5.92 Å². The van der Waals surface area contributed by atoms with Crippen LogP contribution in [0.4, 0.5) is 11.5 Å². The van der Waals surface area contributed by atoms with E-state index in [1.165, 1.54) is 19.2 Å². The Bertz CT molecular complexity index is 910. The Morgan fingerprint density at radius 3 is 2.83 bits per heavy atom. The average molecular weight is 307 g/mol. The topological polar surface area (TPSA) is 99.8 Å². The van der Waals surface area contributed by atoms with Gasteiger partial charge < -0.3 is 16.0 Å². The maximum atomic E-state index is 12.9.